The molecule has 0 aromatic heterocycles. The van der Waals surface area contributed by atoms with Crippen LogP contribution in [0.25, 0.3) is 0 Å². The molecule has 6 nitrogen and oxygen atoms in total. The zero-order valence-corrected chi connectivity index (χ0v) is 18.4. The van der Waals surface area contributed by atoms with E-state index in [1.165, 1.54) is 18.4 Å². The molecule has 0 amide bonds. The Labute approximate surface area is 174 Å². The molecular formula is C19H32IN3O3. The first-order valence-electron chi connectivity index (χ1n) is 9.11. The van der Waals surface area contributed by atoms with Crippen LogP contribution in [0.4, 0.5) is 0 Å². The van der Waals surface area contributed by atoms with Crippen molar-refractivity contribution < 1.29 is 14.2 Å². The van der Waals surface area contributed by atoms with Gasteiger partial charge in [0.25, 0.3) is 0 Å². The number of methoxy groups -OCH3 is 2. The third-order valence-electron chi connectivity index (χ3n) is 4.24. The molecule has 1 heterocycles. The van der Waals surface area contributed by atoms with E-state index in [1.807, 2.05) is 12.1 Å². The smallest absolute Gasteiger partial charge is 0.191 e. The second kappa shape index (κ2) is 13.0. The fraction of sp³-hybridized carbons (Fsp3) is 0.632. The molecule has 148 valence electrons. The average molecular weight is 477 g/mol. The van der Waals surface area contributed by atoms with Crippen LogP contribution in [0.5, 0.6) is 11.5 Å². The van der Waals surface area contributed by atoms with Gasteiger partial charge in [0.1, 0.15) is 0 Å². The van der Waals surface area contributed by atoms with Crippen LogP contribution in [-0.2, 0) is 11.2 Å². The molecule has 1 aliphatic rings. The number of aliphatic imine (C=N–C) groups is 1. The van der Waals surface area contributed by atoms with E-state index in [9.17, 15) is 0 Å². The van der Waals surface area contributed by atoms with Gasteiger partial charge < -0.3 is 24.8 Å². The largest absolute Gasteiger partial charge is 0.493 e. The summed E-state index contributed by atoms with van der Waals surface area (Å²) < 4.78 is 16.3. The van der Waals surface area contributed by atoms with Gasteiger partial charge >= 0.3 is 0 Å². The van der Waals surface area contributed by atoms with Crippen LogP contribution in [0.2, 0.25) is 0 Å². The van der Waals surface area contributed by atoms with E-state index < -0.39 is 0 Å². The fourth-order valence-corrected chi connectivity index (χ4v) is 2.90. The highest BCUT2D eigenvalue weighted by atomic mass is 127. The normalized spacial score (nSPS) is 16.7. The number of ether oxygens (including phenoxy) is 3. The van der Waals surface area contributed by atoms with Gasteiger partial charge in [-0.3, -0.25) is 4.99 Å². The van der Waals surface area contributed by atoms with Gasteiger partial charge in [-0.05, 0) is 50.3 Å². The van der Waals surface area contributed by atoms with Gasteiger partial charge in [-0.2, -0.15) is 0 Å². The minimum Gasteiger partial charge on any atom is -0.493 e. The second-order valence-corrected chi connectivity index (χ2v) is 6.05. The lowest BCUT2D eigenvalue weighted by Gasteiger charge is -2.13. The number of rotatable bonds is 9. The molecule has 1 aromatic carbocycles. The molecule has 26 heavy (non-hydrogen) atoms. The van der Waals surface area contributed by atoms with Crippen LogP contribution >= 0.6 is 24.0 Å². The lowest BCUT2D eigenvalue weighted by Crippen LogP contribution is -2.38. The lowest BCUT2D eigenvalue weighted by atomic mass is 10.1. The fourth-order valence-electron chi connectivity index (χ4n) is 2.90. The van der Waals surface area contributed by atoms with Gasteiger partial charge in [-0.25, -0.2) is 0 Å². The van der Waals surface area contributed by atoms with Crippen molar-refractivity contribution in [1.82, 2.24) is 10.6 Å². The van der Waals surface area contributed by atoms with E-state index >= 15 is 0 Å². The van der Waals surface area contributed by atoms with Crippen molar-refractivity contribution in [2.24, 2.45) is 4.99 Å². The topological polar surface area (TPSA) is 64.1 Å². The highest BCUT2D eigenvalue weighted by Gasteiger charge is 2.14. The van der Waals surface area contributed by atoms with E-state index in [4.69, 9.17) is 14.2 Å². The molecule has 1 aromatic rings. The molecule has 2 rings (SSSR count). The van der Waals surface area contributed by atoms with Crippen molar-refractivity contribution >= 4 is 29.9 Å². The molecule has 0 saturated carbocycles. The Hall–Kier alpha value is -1.22. The predicted octanol–water partition coefficient (Wildman–Crippen LogP) is 2.99. The van der Waals surface area contributed by atoms with Crippen molar-refractivity contribution in [2.45, 2.75) is 38.7 Å². The van der Waals surface area contributed by atoms with Gasteiger partial charge in [-0.15, -0.1) is 24.0 Å². The maximum Gasteiger partial charge on any atom is 0.191 e. The average Bonchev–Trinajstić information content (AvgIpc) is 3.15. The van der Waals surface area contributed by atoms with Crippen LogP contribution in [0.15, 0.2) is 23.2 Å². The summed E-state index contributed by atoms with van der Waals surface area (Å²) in [5.41, 5.74) is 1.19. The predicted molar refractivity (Wildman–Crippen MR) is 116 cm³/mol. The maximum atomic E-state index is 5.64. The van der Waals surface area contributed by atoms with Crippen molar-refractivity contribution in [3.05, 3.63) is 23.8 Å². The highest BCUT2D eigenvalue weighted by molar-refractivity contribution is 14.0. The zero-order valence-electron chi connectivity index (χ0n) is 16.0. The molecule has 1 aliphatic heterocycles. The van der Waals surface area contributed by atoms with Crippen LogP contribution in [0, 0.1) is 0 Å². The molecule has 1 saturated heterocycles. The van der Waals surface area contributed by atoms with E-state index in [0.29, 0.717) is 6.10 Å². The summed E-state index contributed by atoms with van der Waals surface area (Å²) in [5.74, 6) is 2.38. The number of guanidine groups is 1. The van der Waals surface area contributed by atoms with Gasteiger partial charge in [0.15, 0.2) is 17.5 Å². The summed E-state index contributed by atoms with van der Waals surface area (Å²) in [4.78, 5) is 4.64. The Morgan fingerprint density at radius 2 is 2.04 bits per heavy atom. The minimum absolute atomic E-state index is 0. The second-order valence-electron chi connectivity index (χ2n) is 6.05. The van der Waals surface area contributed by atoms with Crippen LogP contribution in [-0.4, -0.2) is 52.5 Å². The number of nitrogens with zero attached hydrogens (tertiary/aromatic N) is 1. The van der Waals surface area contributed by atoms with Crippen LogP contribution < -0.4 is 20.1 Å². The summed E-state index contributed by atoms with van der Waals surface area (Å²) in [6, 6.07) is 6.02. The third kappa shape index (κ3) is 7.57. The van der Waals surface area contributed by atoms with Gasteiger partial charge in [-0.1, -0.05) is 6.07 Å². The molecule has 0 radical (unpaired) electrons. The van der Waals surface area contributed by atoms with E-state index in [0.717, 1.165) is 56.5 Å². The first kappa shape index (κ1) is 22.8. The van der Waals surface area contributed by atoms with Gasteiger partial charge in [0.05, 0.1) is 20.3 Å². The number of halogens is 1. The van der Waals surface area contributed by atoms with E-state index in [2.05, 4.69) is 28.6 Å². The monoisotopic (exact) mass is 477 g/mol. The minimum atomic E-state index is 0. The van der Waals surface area contributed by atoms with Crippen molar-refractivity contribution in [3.63, 3.8) is 0 Å². The molecule has 2 N–H and O–H groups in total. The van der Waals surface area contributed by atoms with Gasteiger partial charge in [0.2, 0.25) is 0 Å². The molecule has 0 aliphatic carbocycles. The van der Waals surface area contributed by atoms with E-state index in [-0.39, 0.29) is 24.0 Å². The molecule has 1 unspecified atom stereocenters. The highest BCUT2D eigenvalue weighted by Crippen LogP contribution is 2.27. The number of hydrogen-bond donors (Lipinski definition) is 2. The Balaban J connectivity index is 0.00000338. The summed E-state index contributed by atoms with van der Waals surface area (Å²) >= 11 is 0. The molecule has 7 heteroatoms. The van der Waals surface area contributed by atoms with Crippen LogP contribution in [0.1, 0.15) is 31.7 Å². The molecule has 0 spiro atoms. The van der Waals surface area contributed by atoms with Crippen molar-refractivity contribution in [3.8, 4) is 11.5 Å². The molecule has 1 atom stereocenters. The Bertz CT molecular complexity index is 549. The third-order valence-corrected chi connectivity index (χ3v) is 4.24. The number of nitrogens with one attached hydrogen (secondary N) is 2. The van der Waals surface area contributed by atoms with Crippen molar-refractivity contribution in [2.75, 3.05) is 40.5 Å². The molecule has 0 bridgehead atoms. The molecular weight excluding hydrogens is 445 g/mol. The Morgan fingerprint density at radius 3 is 2.69 bits per heavy atom. The lowest BCUT2D eigenvalue weighted by molar-refractivity contribution is 0.106. The number of hydrogen-bond acceptors (Lipinski definition) is 4. The van der Waals surface area contributed by atoms with Crippen molar-refractivity contribution in [1.29, 1.82) is 0 Å². The summed E-state index contributed by atoms with van der Waals surface area (Å²) in [5, 5.41) is 6.68. The Kier molecular flexibility index (Phi) is 11.4. The zero-order chi connectivity index (χ0) is 17.9. The first-order chi connectivity index (χ1) is 12.3. The summed E-state index contributed by atoms with van der Waals surface area (Å²) in [7, 11) is 3.30. The van der Waals surface area contributed by atoms with Crippen LogP contribution in [0.3, 0.4) is 0 Å². The summed E-state index contributed by atoms with van der Waals surface area (Å²) in [6.45, 7) is 5.42. The number of benzene rings is 1. The standard InChI is InChI=1S/C19H31N3O3.HI/c1-4-20-19(22-12-10-16-6-5-13-25-16)21-11-9-15-7-8-17(23-2)18(14-15)24-3;/h7-8,14,16H,4-6,9-13H2,1-3H3,(H2,20,21,22);1H. The van der Waals surface area contributed by atoms with Gasteiger partial charge in [0, 0.05) is 26.2 Å². The maximum absolute atomic E-state index is 5.64. The quantitative estimate of drug-likeness (QED) is 0.325. The molecule has 1 fully saturated rings. The first-order valence-corrected chi connectivity index (χ1v) is 9.11. The SMILES string of the molecule is CCNC(=NCCC1CCCO1)NCCc1ccc(OC)c(OC)c1.I. The van der Waals surface area contributed by atoms with E-state index in [1.54, 1.807) is 14.2 Å². The Morgan fingerprint density at radius 1 is 1.23 bits per heavy atom. The summed E-state index contributed by atoms with van der Waals surface area (Å²) in [6.07, 6.45) is 4.61.